The smallest absolute Gasteiger partial charge is 0.264 e. The predicted molar refractivity (Wildman–Crippen MR) is 157 cm³/mol. The zero-order chi connectivity index (χ0) is 28.9. The minimum absolute atomic E-state index is 0.0186. The van der Waals surface area contributed by atoms with Gasteiger partial charge in [0, 0.05) is 27.7 Å². The van der Waals surface area contributed by atoms with Crippen molar-refractivity contribution < 1.29 is 18.0 Å². The van der Waals surface area contributed by atoms with E-state index in [9.17, 15) is 18.0 Å². The highest BCUT2D eigenvalue weighted by Crippen LogP contribution is 2.33. The number of amides is 2. The number of carbonyl (C=O) groups excluding carboxylic acids is 2. The van der Waals surface area contributed by atoms with Crippen LogP contribution in [0.5, 0.6) is 0 Å². The summed E-state index contributed by atoms with van der Waals surface area (Å²) >= 11 is 25.0. The van der Waals surface area contributed by atoms with Gasteiger partial charge in [0.05, 0.1) is 15.6 Å². The average molecular weight is 631 g/mol. The summed E-state index contributed by atoms with van der Waals surface area (Å²) < 4.78 is 28.5. The number of halogens is 4. The van der Waals surface area contributed by atoms with E-state index in [0.29, 0.717) is 15.6 Å². The first-order chi connectivity index (χ1) is 18.3. The monoisotopic (exact) mass is 629 g/mol. The number of benzene rings is 3. The van der Waals surface area contributed by atoms with Gasteiger partial charge < -0.3 is 10.2 Å². The molecule has 0 spiro atoms. The van der Waals surface area contributed by atoms with E-state index in [4.69, 9.17) is 46.4 Å². The van der Waals surface area contributed by atoms with Crippen molar-refractivity contribution >= 4 is 73.9 Å². The standard InChI is InChI=1S/C27H27Cl4N3O4S/c1-17(2)32-27(36)18(3)33(15-19-9-10-20(28)13-24(19)31)26(35)16-34(25-14-21(29)11-12-23(25)30)39(37,38)22-7-5-4-6-8-22/h4-14,17-18H,15-16H2,1-3H3,(H,32,36)/t18-/m0/s1. The third-order valence-corrected chi connectivity index (χ3v) is 8.66. The number of hydrogen-bond acceptors (Lipinski definition) is 4. The Hall–Kier alpha value is -2.49. The summed E-state index contributed by atoms with van der Waals surface area (Å²) in [5.41, 5.74) is 0.544. The lowest BCUT2D eigenvalue weighted by atomic mass is 10.1. The topological polar surface area (TPSA) is 86.8 Å². The summed E-state index contributed by atoms with van der Waals surface area (Å²) in [5.74, 6) is -1.08. The van der Waals surface area contributed by atoms with E-state index in [1.54, 1.807) is 51.1 Å². The molecule has 0 aliphatic rings. The van der Waals surface area contributed by atoms with Gasteiger partial charge in [0.2, 0.25) is 11.8 Å². The fourth-order valence-corrected chi connectivity index (χ4v) is 6.08. The third kappa shape index (κ3) is 7.80. The molecule has 208 valence electrons. The van der Waals surface area contributed by atoms with Crippen molar-refractivity contribution in [3.8, 4) is 0 Å². The summed E-state index contributed by atoms with van der Waals surface area (Å²) in [6.07, 6.45) is 0. The third-order valence-electron chi connectivity index (χ3n) is 5.74. The van der Waals surface area contributed by atoms with E-state index >= 15 is 0 Å². The Balaban J connectivity index is 2.08. The first kappa shape index (κ1) is 31.0. The van der Waals surface area contributed by atoms with Crippen LogP contribution in [0, 0.1) is 0 Å². The molecule has 0 saturated heterocycles. The van der Waals surface area contributed by atoms with Crippen molar-refractivity contribution in [2.75, 3.05) is 10.8 Å². The van der Waals surface area contributed by atoms with E-state index in [0.717, 1.165) is 4.31 Å². The van der Waals surface area contributed by atoms with Gasteiger partial charge in [-0.05, 0) is 68.8 Å². The maximum atomic E-state index is 13.9. The van der Waals surface area contributed by atoms with Crippen LogP contribution in [0.25, 0.3) is 0 Å². The maximum absolute atomic E-state index is 13.9. The Bertz CT molecular complexity index is 1450. The Morgan fingerprint density at radius 3 is 2.08 bits per heavy atom. The molecule has 0 heterocycles. The molecular formula is C27H27Cl4N3O4S. The Kier molecular flexibility index (Phi) is 10.5. The highest BCUT2D eigenvalue weighted by molar-refractivity contribution is 7.92. The van der Waals surface area contributed by atoms with Crippen LogP contribution < -0.4 is 9.62 Å². The molecule has 0 radical (unpaired) electrons. The van der Waals surface area contributed by atoms with Crippen molar-refractivity contribution in [1.29, 1.82) is 0 Å². The van der Waals surface area contributed by atoms with Crippen LogP contribution in [0.15, 0.2) is 71.6 Å². The summed E-state index contributed by atoms with van der Waals surface area (Å²) in [6, 6.07) is 15.6. The molecule has 1 N–H and O–H groups in total. The summed E-state index contributed by atoms with van der Waals surface area (Å²) in [6.45, 7) is 4.40. The minimum atomic E-state index is -4.27. The summed E-state index contributed by atoms with van der Waals surface area (Å²) in [4.78, 5) is 28.1. The first-order valence-electron chi connectivity index (χ1n) is 11.9. The van der Waals surface area contributed by atoms with Crippen LogP contribution in [0.2, 0.25) is 20.1 Å². The summed E-state index contributed by atoms with van der Waals surface area (Å²) in [5, 5.41) is 3.79. The molecule has 2 amide bonds. The van der Waals surface area contributed by atoms with Crippen LogP contribution >= 0.6 is 46.4 Å². The number of nitrogens with one attached hydrogen (secondary N) is 1. The molecule has 0 aliphatic heterocycles. The van der Waals surface area contributed by atoms with Gasteiger partial charge in [-0.15, -0.1) is 0 Å². The molecule has 7 nitrogen and oxygen atoms in total. The molecule has 0 aromatic heterocycles. The van der Waals surface area contributed by atoms with Crippen molar-refractivity contribution in [3.05, 3.63) is 92.4 Å². The van der Waals surface area contributed by atoms with Crippen LogP contribution in [-0.4, -0.2) is 43.8 Å². The predicted octanol–water partition coefficient (Wildman–Crippen LogP) is 6.44. The second-order valence-corrected chi connectivity index (χ2v) is 12.6. The van der Waals surface area contributed by atoms with Crippen molar-refractivity contribution in [3.63, 3.8) is 0 Å². The lowest BCUT2D eigenvalue weighted by Gasteiger charge is -2.32. The molecule has 0 bridgehead atoms. The zero-order valence-corrected chi connectivity index (χ0v) is 25.2. The Morgan fingerprint density at radius 1 is 0.846 bits per heavy atom. The van der Waals surface area contributed by atoms with Crippen molar-refractivity contribution in [2.24, 2.45) is 0 Å². The highest BCUT2D eigenvalue weighted by atomic mass is 35.5. The van der Waals surface area contributed by atoms with Gasteiger partial charge in [-0.3, -0.25) is 13.9 Å². The number of carbonyl (C=O) groups is 2. The number of anilines is 1. The molecule has 1 atom stereocenters. The van der Waals surface area contributed by atoms with Gasteiger partial charge in [-0.1, -0.05) is 70.7 Å². The number of rotatable bonds is 10. The Morgan fingerprint density at radius 2 is 1.46 bits per heavy atom. The zero-order valence-electron chi connectivity index (χ0n) is 21.4. The summed E-state index contributed by atoms with van der Waals surface area (Å²) in [7, 11) is -4.27. The van der Waals surface area contributed by atoms with E-state index < -0.39 is 34.4 Å². The van der Waals surface area contributed by atoms with Crippen molar-refractivity contribution in [2.45, 2.75) is 44.3 Å². The van der Waals surface area contributed by atoms with Crippen molar-refractivity contribution in [1.82, 2.24) is 10.2 Å². The number of nitrogens with zero attached hydrogens (tertiary/aromatic N) is 2. The van der Waals surface area contributed by atoms with E-state index in [1.165, 1.54) is 41.3 Å². The average Bonchev–Trinajstić information content (AvgIpc) is 2.88. The number of sulfonamides is 1. The van der Waals surface area contributed by atoms with Gasteiger partial charge in [0.15, 0.2) is 0 Å². The quantitative estimate of drug-likeness (QED) is 0.279. The molecule has 39 heavy (non-hydrogen) atoms. The van der Waals surface area contributed by atoms with Crippen LogP contribution in [-0.2, 0) is 26.2 Å². The van der Waals surface area contributed by atoms with Gasteiger partial charge in [-0.2, -0.15) is 0 Å². The molecule has 0 saturated carbocycles. The van der Waals surface area contributed by atoms with E-state index in [-0.39, 0.29) is 33.2 Å². The SMILES string of the molecule is CC(C)NC(=O)[C@H](C)N(Cc1ccc(Cl)cc1Cl)C(=O)CN(c1cc(Cl)ccc1Cl)S(=O)(=O)c1ccccc1. The highest BCUT2D eigenvalue weighted by Gasteiger charge is 2.33. The first-order valence-corrected chi connectivity index (χ1v) is 14.8. The van der Waals surface area contributed by atoms with Crippen LogP contribution in [0.3, 0.4) is 0 Å². The van der Waals surface area contributed by atoms with Gasteiger partial charge in [-0.25, -0.2) is 8.42 Å². The largest absolute Gasteiger partial charge is 0.352 e. The minimum Gasteiger partial charge on any atom is -0.352 e. The second kappa shape index (κ2) is 13.2. The maximum Gasteiger partial charge on any atom is 0.264 e. The molecule has 3 aromatic carbocycles. The number of hydrogen-bond donors (Lipinski definition) is 1. The molecule has 12 heteroatoms. The van der Waals surface area contributed by atoms with Gasteiger partial charge in [0.25, 0.3) is 10.0 Å². The fraction of sp³-hybridized carbons (Fsp3) is 0.259. The van der Waals surface area contributed by atoms with Gasteiger partial charge in [0.1, 0.15) is 12.6 Å². The van der Waals surface area contributed by atoms with Crippen LogP contribution in [0.1, 0.15) is 26.3 Å². The van der Waals surface area contributed by atoms with Gasteiger partial charge >= 0.3 is 0 Å². The molecule has 3 rings (SSSR count). The van der Waals surface area contributed by atoms with Crippen LogP contribution in [0.4, 0.5) is 5.69 Å². The fourth-order valence-electron chi connectivity index (χ4n) is 3.73. The normalized spacial score (nSPS) is 12.2. The molecular weight excluding hydrogens is 604 g/mol. The molecule has 0 unspecified atom stereocenters. The Labute approximate surface area is 248 Å². The molecule has 0 aliphatic carbocycles. The lowest BCUT2D eigenvalue weighted by molar-refractivity contribution is -0.139. The lowest BCUT2D eigenvalue weighted by Crippen LogP contribution is -2.52. The second-order valence-electron chi connectivity index (χ2n) is 9.02. The molecule has 0 fully saturated rings. The van der Waals surface area contributed by atoms with E-state index in [1.807, 2.05) is 0 Å². The molecule has 3 aromatic rings. The van der Waals surface area contributed by atoms with E-state index in [2.05, 4.69) is 5.32 Å².